The maximum atomic E-state index is 12.7. The summed E-state index contributed by atoms with van der Waals surface area (Å²) in [6, 6.07) is 11.4. The second-order valence-electron chi connectivity index (χ2n) is 5.90. The van der Waals surface area contributed by atoms with Gasteiger partial charge in [0, 0.05) is 30.6 Å². The van der Waals surface area contributed by atoms with Gasteiger partial charge in [-0.15, -0.1) is 0 Å². The Bertz CT molecular complexity index is 736. The molecule has 0 fully saturated rings. The van der Waals surface area contributed by atoms with Gasteiger partial charge in [-0.3, -0.25) is 0 Å². The van der Waals surface area contributed by atoms with Crippen molar-refractivity contribution in [2.24, 2.45) is 0 Å². The number of unbranched alkanes of at least 4 members (excludes halogenated alkanes) is 3. The minimum atomic E-state index is -3.23. The van der Waals surface area contributed by atoms with Gasteiger partial charge in [-0.25, -0.2) is 8.42 Å². The third-order valence-electron chi connectivity index (χ3n) is 3.94. The van der Waals surface area contributed by atoms with E-state index in [9.17, 15) is 8.42 Å². The van der Waals surface area contributed by atoms with Gasteiger partial charge in [0.1, 0.15) is 0 Å². The highest BCUT2D eigenvalue weighted by Crippen LogP contribution is 2.30. The van der Waals surface area contributed by atoms with Crippen LogP contribution >= 0.6 is 0 Å². The molecule has 2 aromatic carbocycles. The first-order chi connectivity index (χ1) is 10.5. The summed E-state index contributed by atoms with van der Waals surface area (Å²) in [6.45, 7) is 2.13. The predicted molar refractivity (Wildman–Crippen MR) is 94.5 cm³/mol. The Morgan fingerprint density at radius 1 is 0.909 bits per heavy atom. The summed E-state index contributed by atoms with van der Waals surface area (Å²) >= 11 is 0. The van der Waals surface area contributed by atoms with Crippen LogP contribution in [0.2, 0.25) is 0 Å². The van der Waals surface area contributed by atoms with E-state index in [1.165, 1.54) is 0 Å². The lowest BCUT2D eigenvalue weighted by Gasteiger charge is -2.17. The molecule has 0 saturated carbocycles. The van der Waals surface area contributed by atoms with Crippen molar-refractivity contribution in [3.63, 3.8) is 0 Å². The molecule has 2 rings (SSSR count). The molecule has 0 saturated heterocycles. The molecule has 2 aromatic rings. The number of rotatable bonds is 7. The quantitative estimate of drug-likeness (QED) is 0.716. The smallest absolute Gasteiger partial charge is 0.178 e. The molecular weight excluding hydrogens is 294 g/mol. The van der Waals surface area contributed by atoms with Crippen LogP contribution in [0.4, 0.5) is 5.69 Å². The van der Waals surface area contributed by atoms with Crippen LogP contribution in [0, 0.1) is 0 Å². The van der Waals surface area contributed by atoms with E-state index in [-0.39, 0.29) is 5.75 Å². The van der Waals surface area contributed by atoms with Crippen LogP contribution in [-0.2, 0) is 9.84 Å². The van der Waals surface area contributed by atoms with E-state index in [1.54, 1.807) is 6.07 Å². The molecule has 0 aliphatic heterocycles. The molecule has 0 spiro atoms. The van der Waals surface area contributed by atoms with Gasteiger partial charge in [-0.2, -0.15) is 0 Å². The van der Waals surface area contributed by atoms with Crippen LogP contribution in [0.25, 0.3) is 10.8 Å². The second-order valence-corrected chi connectivity index (χ2v) is 7.98. The van der Waals surface area contributed by atoms with Gasteiger partial charge in [-0.05, 0) is 18.6 Å². The standard InChI is InChI=1S/C18H25NO2S/c1-4-5-6-7-14-22(20,21)18-13-9-10-15-16(18)11-8-12-17(15)19(2)3/h8-13H,4-7,14H2,1-3H3. The van der Waals surface area contributed by atoms with Crippen molar-refractivity contribution in [2.45, 2.75) is 37.5 Å². The first-order valence-corrected chi connectivity index (χ1v) is 9.54. The minimum absolute atomic E-state index is 0.234. The van der Waals surface area contributed by atoms with Gasteiger partial charge in [0.2, 0.25) is 0 Å². The van der Waals surface area contributed by atoms with Crippen LogP contribution in [0.1, 0.15) is 32.6 Å². The zero-order valence-electron chi connectivity index (χ0n) is 13.7. The third-order valence-corrected chi connectivity index (χ3v) is 5.79. The fourth-order valence-electron chi connectivity index (χ4n) is 2.75. The molecular formula is C18H25NO2S. The van der Waals surface area contributed by atoms with Crippen molar-refractivity contribution in [3.05, 3.63) is 36.4 Å². The third kappa shape index (κ3) is 3.61. The average molecular weight is 319 g/mol. The molecule has 0 bridgehead atoms. The minimum Gasteiger partial charge on any atom is -0.377 e. The van der Waals surface area contributed by atoms with Crippen molar-refractivity contribution in [1.29, 1.82) is 0 Å². The largest absolute Gasteiger partial charge is 0.377 e. The fourth-order valence-corrected chi connectivity index (χ4v) is 4.36. The van der Waals surface area contributed by atoms with E-state index < -0.39 is 9.84 Å². The number of sulfone groups is 1. The van der Waals surface area contributed by atoms with Gasteiger partial charge >= 0.3 is 0 Å². The molecule has 120 valence electrons. The SMILES string of the molecule is CCCCCCS(=O)(=O)c1cccc2c(N(C)C)cccc12. The molecule has 0 atom stereocenters. The van der Waals surface area contributed by atoms with Crippen molar-refractivity contribution < 1.29 is 8.42 Å². The van der Waals surface area contributed by atoms with Gasteiger partial charge in [0.15, 0.2) is 9.84 Å². The Balaban J connectivity index is 2.41. The maximum Gasteiger partial charge on any atom is 0.178 e. The van der Waals surface area contributed by atoms with Crippen LogP contribution in [0.15, 0.2) is 41.3 Å². The average Bonchev–Trinajstić information content (AvgIpc) is 2.50. The Hall–Kier alpha value is -1.55. The van der Waals surface area contributed by atoms with Crippen LogP contribution in [0.5, 0.6) is 0 Å². The van der Waals surface area contributed by atoms with Crippen molar-refractivity contribution in [3.8, 4) is 0 Å². The van der Waals surface area contributed by atoms with Crippen molar-refractivity contribution in [1.82, 2.24) is 0 Å². The summed E-state index contributed by atoms with van der Waals surface area (Å²) in [5, 5.41) is 1.81. The molecule has 22 heavy (non-hydrogen) atoms. The predicted octanol–water partition coefficient (Wildman–Crippen LogP) is 4.26. The Kier molecular flexibility index (Phi) is 5.46. The number of fused-ring (bicyclic) bond motifs is 1. The molecule has 0 heterocycles. The van der Waals surface area contributed by atoms with E-state index in [4.69, 9.17) is 0 Å². The topological polar surface area (TPSA) is 37.4 Å². The van der Waals surface area contributed by atoms with E-state index >= 15 is 0 Å². The number of hydrogen-bond donors (Lipinski definition) is 0. The molecule has 0 N–H and O–H groups in total. The molecule has 4 heteroatoms. The van der Waals surface area contributed by atoms with E-state index in [2.05, 4.69) is 6.92 Å². The number of benzene rings is 2. The molecule has 0 amide bonds. The Morgan fingerprint density at radius 2 is 1.59 bits per heavy atom. The zero-order valence-corrected chi connectivity index (χ0v) is 14.5. The first-order valence-electron chi connectivity index (χ1n) is 7.89. The highest BCUT2D eigenvalue weighted by molar-refractivity contribution is 7.91. The van der Waals surface area contributed by atoms with E-state index in [0.717, 1.165) is 42.1 Å². The number of nitrogens with zero attached hydrogens (tertiary/aromatic N) is 1. The normalized spacial score (nSPS) is 11.8. The Morgan fingerprint density at radius 3 is 2.27 bits per heavy atom. The van der Waals surface area contributed by atoms with Crippen LogP contribution in [0.3, 0.4) is 0 Å². The maximum absolute atomic E-state index is 12.7. The zero-order chi connectivity index (χ0) is 16.2. The lowest BCUT2D eigenvalue weighted by Crippen LogP contribution is -2.10. The Labute approximate surface area is 133 Å². The highest BCUT2D eigenvalue weighted by atomic mass is 32.2. The van der Waals surface area contributed by atoms with Gasteiger partial charge < -0.3 is 4.90 Å². The molecule has 0 radical (unpaired) electrons. The molecule has 0 aromatic heterocycles. The van der Waals surface area contributed by atoms with E-state index in [1.807, 2.05) is 49.3 Å². The summed E-state index contributed by atoms with van der Waals surface area (Å²) in [4.78, 5) is 2.48. The highest BCUT2D eigenvalue weighted by Gasteiger charge is 2.18. The van der Waals surface area contributed by atoms with Crippen LogP contribution < -0.4 is 4.90 Å². The number of hydrogen-bond acceptors (Lipinski definition) is 3. The molecule has 0 unspecified atom stereocenters. The summed E-state index contributed by atoms with van der Waals surface area (Å²) in [5.74, 6) is 0.234. The molecule has 0 aliphatic rings. The number of anilines is 1. The summed E-state index contributed by atoms with van der Waals surface area (Å²) in [6.07, 6.45) is 3.92. The monoisotopic (exact) mass is 319 g/mol. The molecule has 3 nitrogen and oxygen atoms in total. The lowest BCUT2D eigenvalue weighted by atomic mass is 10.1. The van der Waals surface area contributed by atoms with Gasteiger partial charge in [0.05, 0.1) is 10.6 Å². The van der Waals surface area contributed by atoms with Gasteiger partial charge in [-0.1, -0.05) is 50.5 Å². The fraction of sp³-hybridized carbons (Fsp3) is 0.444. The summed E-state index contributed by atoms with van der Waals surface area (Å²) < 4.78 is 25.4. The van der Waals surface area contributed by atoms with E-state index in [0.29, 0.717) is 4.90 Å². The second kappa shape index (κ2) is 7.14. The summed E-state index contributed by atoms with van der Waals surface area (Å²) in [5.41, 5.74) is 1.04. The van der Waals surface area contributed by atoms with Crippen LogP contribution in [-0.4, -0.2) is 28.3 Å². The van der Waals surface area contributed by atoms with Gasteiger partial charge in [0.25, 0.3) is 0 Å². The first kappa shape index (κ1) is 16.8. The van der Waals surface area contributed by atoms with Crippen molar-refractivity contribution >= 4 is 26.3 Å². The molecule has 0 aliphatic carbocycles. The van der Waals surface area contributed by atoms with Crippen molar-refractivity contribution in [2.75, 3.05) is 24.7 Å². The lowest BCUT2D eigenvalue weighted by molar-refractivity contribution is 0.590. The summed E-state index contributed by atoms with van der Waals surface area (Å²) in [7, 11) is 0.718.